The third kappa shape index (κ3) is 2.56. The fourth-order valence-electron chi connectivity index (χ4n) is 6.23. The van der Waals surface area contributed by atoms with E-state index in [2.05, 4.69) is 20.4 Å². The number of carbonyl (C=O) groups is 1. The highest BCUT2D eigenvalue weighted by Crippen LogP contribution is 2.72. The van der Waals surface area contributed by atoms with Crippen LogP contribution in [0, 0.1) is 28.1 Å². The molecule has 1 N–H and O–H groups in total. The van der Waals surface area contributed by atoms with Crippen LogP contribution in [0.4, 0.5) is 0 Å². The van der Waals surface area contributed by atoms with Crippen LogP contribution in [-0.4, -0.2) is 23.3 Å². The molecule has 4 fully saturated rings. The summed E-state index contributed by atoms with van der Waals surface area (Å²) in [6.07, 6.45) is 8.40. The molecule has 0 heterocycles. The van der Waals surface area contributed by atoms with E-state index < -0.39 is 5.60 Å². The lowest BCUT2D eigenvalue weighted by atomic mass is 9.37. The van der Waals surface area contributed by atoms with E-state index >= 15 is 0 Å². The van der Waals surface area contributed by atoms with Gasteiger partial charge in [-0.05, 0) is 75.0 Å². The average molecular weight is 320 g/mol. The van der Waals surface area contributed by atoms with Gasteiger partial charge in [0, 0.05) is 11.5 Å². The van der Waals surface area contributed by atoms with E-state index in [1.54, 1.807) is 0 Å². The molecule has 4 aliphatic rings. The van der Waals surface area contributed by atoms with Gasteiger partial charge in [0.2, 0.25) is 0 Å². The molecule has 0 aromatic carbocycles. The van der Waals surface area contributed by atoms with E-state index in [1.807, 2.05) is 13.8 Å². The number of esters is 1. The summed E-state index contributed by atoms with van der Waals surface area (Å²) >= 11 is 0. The van der Waals surface area contributed by atoms with Crippen molar-refractivity contribution in [2.45, 2.75) is 71.8 Å². The summed E-state index contributed by atoms with van der Waals surface area (Å²) in [6.45, 7) is 12.4. The largest absolute Gasteiger partial charge is 0.462 e. The lowest BCUT2D eigenvalue weighted by molar-refractivity contribution is -0.226. The lowest BCUT2D eigenvalue weighted by Crippen LogP contribution is -2.63. The first-order valence-corrected chi connectivity index (χ1v) is 9.04. The third-order valence-electron chi connectivity index (χ3n) is 7.54. The zero-order valence-corrected chi connectivity index (χ0v) is 15.2. The van der Waals surface area contributed by atoms with E-state index in [0.29, 0.717) is 6.61 Å². The van der Waals surface area contributed by atoms with Gasteiger partial charge < -0.3 is 9.84 Å². The lowest BCUT2D eigenvalue weighted by Gasteiger charge is -2.68. The van der Waals surface area contributed by atoms with Gasteiger partial charge in [-0.25, -0.2) is 4.79 Å². The molecule has 0 spiro atoms. The van der Waals surface area contributed by atoms with Crippen LogP contribution in [0.5, 0.6) is 0 Å². The Kier molecular flexibility index (Phi) is 3.76. The fourth-order valence-corrected chi connectivity index (χ4v) is 6.23. The summed E-state index contributed by atoms with van der Waals surface area (Å²) in [6, 6.07) is 0. The Morgan fingerprint density at radius 1 is 1.17 bits per heavy atom. The topological polar surface area (TPSA) is 46.5 Å². The molecule has 3 nitrogen and oxygen atoms in total. The van der Waals surface area contributed by atoms with Crippen molar-refractivity contribution in [1.29, 1.82) is 0 Å². The Labute approximate surface area is 140 Å². The number of hydrogen-bond donors (Lipinski definition) is 1. The van der Waals surface area contributed by atoms with Gasteiger partial charge >= 0.3 is 5.97 Å². The van der Waals surface area contributed by atoms with Crippen LogP contribution in [-0.2, 0) is 9.53 Å². The quantitative estimate of drug-likeness (QED) is 0.613. The number of rotatable bonds is 5. The molecule has 4 rings (SSSR count). The van der Waals surface area contributed by atoms with Gasteiger partial charge in [0.15, 0.2) is 0 Å². The minimum atomic E-state index is -0.635. The predicted octanol–water partition coefficient (Wildman–Crippen LogP) is 4.10. The standard InChI is InChI=1S/C20H32O3/c1-6-16(21)23-13-17(2,3)19-8-14-7-15(9-19)11-20(10-14,12-19)18(4,5)22/h6,14-15,22H,1,7-13H2,2-5H3. The smallest absolute Gasteiger partial charge is 0.330 e. The Hall–Kier alpha value is -0.830. The van der Waals surface area contributed by atoms with Crippen molar-refractivity contribution >= 4 is 5.97 Å². The molecule has 3 heteroatoms. The van der Waals surface area contributed by atoms with Crippen molar-refractivity contribution in [3.05, 3.63) is 12.7 Å². The van der Waals surface area contributed by atoms with Crippen LogP contribution in [0.3, 0.4) is 0 Å². The Morgan fingerprint density at radius 2 is 1.70 bits per heavy atom. The second-order valence-corrected chi connectivity index (χ2v) is 9.78. The van der Waals surface area contributed by atoms with Gasteiger partial charge in [0.25, 0.3) is 0 Å². The normalized spacial score (nSPS) is 39.3. The molecule has 2 unspecified atom stereocenters. The van der Waals surface area contributed by atoms with Crippen LogP contribution in [0.25, 0.3) is 0 Å². The number of ether oxygens (including phenoxy) is 1. The summed E-state index contributed by atoms with van der Waals surface area (Å²) < 4.78 is 5.44. The zero-order valence-electron chi connectivity index (χ0n) is 15.2. The molecule has 0 aliphatic heterocycles. The van der Waals surface area contributed by atoms with E-state index in [0.717, 1.165) is 31.1 Å². The van der Waals surface area contributed by atoms with Crippen molar-refractivity contribution in [3.63, 3.8) is 0 Å². The molecule has 23 heavy (non-hydrogen) atoms. The van der Waals surface area contributed by atoms with Gasteiger partial charge in [-0.2, -0.15) is 0 Å². The van der Waals surface area contributed by atoms with Gasteiger partial charge in [0.05, 0.1) is 12.2 Å². The Balaban J connectivity index is 1.89. The molecule has 0 aromatic rings. The van der Waals surface area contributed by atoms with Crippen molar-refractivity contribution in [3.8, 4) is 0 Å². The van der Waals surface area contributed by atoms with Crippen molar-refractivity contribution in [2.24, 2.45) is 28.1 Å². The number of hydrogen-bond acceptors (Lipinski definition) is 3. The van der Waals surface area contributed by atoms with Crippen LogP contribution in [0.2, 0.25) is 0 Å². The maximum Gasteiger partial charge on any atom is 0.330 e. The first kappa shape index (κ1) is 17.0. The summed E-state index contributed by atoms with van der Waals surface area (Å²) in [4.78, 5) is 11.5. The minimum Gasteiger partial charge on any atom is -0.462 e. The summed E-state index contributed by atoms with van der Waals surface area (Å²) in [7, 11) is 0. The van der Waals surface area contributed by atoms with Crippen LogP contribution < -0.4 is 0 Å². The zero-order chi connectivity index (χ0) is 17.1. The molecule has 4 aliphatic carbocycles. The maximum atomic E-state index is 11.5. The van der Waals surface area contributed by atoms with Crippen LogP contribution in [0.15, 0.2) is 12.7 Å². The second kappa shape index (κ2) is 5.08. The SMILES string of the molecule is C=CC(=O)OCC(C)(C)C12CC3CC(CC(C(C)(C)O)(C3)C1)C2. The monoisotopic (exact) mass is 320 g/mol. The Morgan fingerprint density at radius 3 is 2.17 bits per heavy atom. The third-order valence-corrected chi connectivity index (χ3v) is 7.54. The molecule has 4 saturated carbocycles. The molecule has 130 valence electrons. The summed E-state index contributed by atoms with van der Waals surface area (Å²) in [5.41, 5.74) is -0.487. The average Bonchev–Trinajstić information content (AvgIpc) is 2.42. The molecule has 0 radical (unpaired) electrons. The first-order chi connectivity index (χ1) is 10.5. The molecular formula is C20H32O3. The molecule has 2 atom stereocenters. The number of aliphatic hydroxyl groups is 1. The number of carbonyl (C=O) groups excluding carboxylic acids is 1. The first-order valence-electron chi connectivity index (χ1n) is 9.04. The highest BCUT2D eigenvalue weighted by Gasteiger charge is 2.65. The summed E-state index contributed by atoms with van der Waals surface area (Å²) in [5, 5.41) is 10.9. The van der Waals surface area contributed by atoms with Crippen molar-refractivity contribution < 1.29 is 14.6 Å². The predicted molar refractivity (Wildman–Crippen MR) is 90.8 cm³/mol. The van der Waals surface area contributed by atoms with E-state index in [4.69, 9.17) is 4.74 Å². The van der Waals surface area contributed by atoms with Gasteiger partial charge in [-0.1, -0.05) is 20.4 Å². The molecule has 0 aromatic heterocycles. The second-order valence-electron chi connectivity index (χ2n) is 9.78. The summed E-state index contributed by atoms with van der Waals surface area (Å²) in [5.74, 6) is 1.11. The minimum absolute atomic E-state index is 0.0385. The van der Waals surface area contributed by atoms with Crippen LogP contribution in [0.1, 0.15) is 66.2 Å². The Bertz CT molecular complexity index is 497. The fraction of sp³-hybridized carbons (Fsp3) is 0.850. The molecular weight excluding hydrogens is 288 g/mol. The highest BCUT2D eigenvalue weighted by molar-refractivity contribution is 5.81. The van der Waals surface area contributed by atoms with Crippen LogP contribution >= 0.6 is 0 Å². The molecule has 0 amide bonds. The van der Waals surface area contributed by atoms with E-state index in [1.165, 1.54) is 25.3 Å². The van der Waals surface area contributed by atoms with Gasteiger partial charge in [-0.15, -0.1) is 0 Å². The van der Waals surface area contributed by atoms with Crippen molar-refractivity contribution in [2.75, 3.05) is 6.61 Å². The van der Waals surface area contributed by atoms with E-state index in [9.17, 15) is 9.90 Å². The molecule has 0 saturated heterocycles. The van der Waals surface area contributed by atoms with Gasteiger partial charge in [-0.3, -0.25) is 0 Å². The van der Waals surface area contributed by atoms with Crippen molar-refractivity contribution in [1.82, 2.24) is 0 Å². The van der Waals surface area contributed by atoms with E-state index in [-0.39, 0.29) is 22.2 Å². The highest BCUT2D eigenvalue weighted by atomic mass is 16.5. The van der Waals surface area contributed by atoms with Gasteiger partial charge in [0.1, 0.15) is 0 Å². The maximum absolute atomic E-state index is 11.5. The molecule has 4 bridgehead atoms.